The summed E-state index contributed by atoms with van der Waals surface area (Å²) in [6.45, 7) is 5.40. The third-order valence-electron chi connectivity index (χ3n) is 3.96. The normalized spacial score (nSPS) is 11.1. The van der Waals surface area contributed by atoms with Gasteiger partial charge in [-0.25, -0.2) is 0 Å². The van der Waals surface area contributed by atoms with Crippen LogP contribution in [-0.4, -0.2) is 10.5 Å². The number of nitrogen functional groups attached to an aromatic ring is 1. The standard InChI is InChI=1S/C20H23N3O/c1-14(2)13-23-10-9-16-12-18(7-8-19(16)23)22-20(24)11-15-3-5-17(21)6-4-15/h3-10,12,14H,11,13,21H2,1-2H3,(H,22,24). The predicted octanol–water partition coefficient (Wildman–Crippen LogP) is 4.06. The highest BCUT2D eigenvalue weighted by Gasteiger charge is 2.07. The number of carbonyl (C=O) groups excluding carboxylic acids is 1. The number of hydrogen-bond donors (Lipinski definition) is 2. The zero-order valence-corrected chi connectivity index (χ0v) is 14.1. The Morgan fingerprint density at radius 2 is 1.88 bits per heavy atom. The zero-order valence-electron chi connectivity index (χ0n) is 14.1. The largest absolute Gasteiger partial charge is 0.399 e. The van der Waals surface area contributed by atoms with Gasteiger partial charge in [-0.05, 0) is 47.9 Å². The number of nitrogens with two attached hydrogens (primary N) is 1. The molecule has 0 aliphatic carbocycles. The van der Waals surface area contributed by atoms with Crippen molar-refractivity contribution in [2.75, 3.05) is 11.1 Å². The van der Waals surface area contributed by atoms with Gasteiger partial charge in [0, 0.05) is 35.0 Å². The summed E-state index contributed by atoms with van der Waals surface area (Å²) in [5.74, 6) is 0.570. The Labute approximate surface area is 142 Å². The molecule has 0 bridgehead atoms. The van der Waals surface area contributed by atoms with Crippen LogP contribution < -0.4 is 11.1 Å². The minimum absolute atomic E-state index is 0.0271. The smallest absolute Gasteiger partial charge is 0.228 e. The number of amides is 1. The third-order valence-corrected chi connectivity index (χ3v) is 3.96. The van der Waals surface area contributed by atoms with E-state index < -0.39 is 0 Å². The summed E-state index contributed by atoms with van der Waals surface area (Å²) in [5.41, 5.74) is 9.34. The van der Waals surface area contributed by atoms with E-state index in [2.05, 4.69) is 42.1 Å². The fourth-order valence-corrected chi connectivity index (χ4v) is 2.86. The van der Waals surface area contributed by atoms with E-state index in [1.54, 1.807) is 0 Å². The fraction of sp³-hybridized carbons (Fsp3) is 0.250. The SMILES string of the molecule is CC(C)Cn1ccc2cc(NC(=O)Cc3ccc(N)cc3)ccc21. The first-order chi connectivity index (χ1) is 11.5. The Balaban J connectivity index is 1.70. The van der Waals surface area contributed by atoms with Crippen LogP contribution in [-0.2, 0) is 17.8 Å². The van der Waals surface area contributed by atoms with E-state index in [0.717, 1.165) is 23.2 Å². The number of nitrogens with one attached hydrogen (secondary N) is 1. The van der Waals surface area contributed by atoms with Gasteiger partial charge in [-0.1, -0.05) is 26.0 Å². The zero-order chi connectivity index (χ0) is 17.1. The van der Waals surface area contributed by atoms with Crippen LogP contribution in [0.3, 0.4) is 0 Å². The molecule has 1 amide bonds. The molecule has 3 aromatic rings. The van der Waals surface area contributed by atoms with Crippen LogP contribution in [0.4, 0.5) is 11.4 Å². The van der Waals surface area contributed by atoms with Crippen molar-refractivity contribution < 1.29 is 4.79 Å². The van der Waals surface area contributed by atoms with Gasteiger partial charge in [0.05, 0.1) is 6.42 Å². The van der Waals surface area contributed by atoms with Crippen molar-refractivity contribution >= 4 is 28.2 Å². The first-order valence-corrected chi connectivity index (χ1v) is 8.24. The van der Waals surface area contributed by atoms with Crippen LogP contribution in [0.5, 0.6) is 0 Å². The van der Waals surface area contributed by atoms with E-state index in [4.69, 9.17) is 5.73 Å². The van der Waals surface area contributed by atoms with Crippen molar-refractivity contribution in [3.8, 4) is 0 Å². The lowest BCUT2D eigenvalue weighted by Crippen LogP contribution is -2.14. The van der Waals surface area contributed by atoms with Crippen LogP contribution in [0.15, 0.2) is 54.7 Å². The van der Waals surface area contributed by atoms with Crippen LogP contribution in [0, 0.1) is 5.92 Å². The lowest BCUT2D eigenvalue weighted by molar-refractivity contribution is -0.115. The van der Waals surface area contributed by atoms with Gasteiger partial charge in [0.2, 0.25) is 5.91 Å². The van der Waals surface area contributed by atoms with Gasteiger partial charge in [-0.15, -0.1) is 0 Å². The fourth-order valence-electron chi connectivity index (χ4n) is 2.86. The Hall–Kier alpha value is -2.75. The molecule has 2 aromatic carbocycles. The van der Waals surface area contributed by atoms with E-state index in [0.29, 0.717) is 18.0 Å². The Bertz CT molecular complexity index is 847. The van der Waals surface area contributed by atoms with Gasteiger partial charge in [0.25, 0.3) is 0 Å². The van der Waals surface area contributed by atoms with Gasteiger partial charge in [-0.3, -0.25) is 4.79 Å². The number of aromatic nitrogens is 1. The molecule has 0 radical (unpaired) electrons. The molecule has 0 atom stereocenters. The van der Waals surface area contributed by atoms with Crippen LogP contribution >= 0.6 is 0 Å². The van der Waals surface area contributed by atoms with E-state index >= 15 is 0 Å². The van der Waals surface area contributed by atoms with E-state index in [-0.39, 0.29) is 5.91 Å². The second-order valence-electron chi connectivity index (χ2n) is 6.60. The van der Waals surface area contributed by atoms with Crippen LogP contribution in [0.2, 0.25) is 0 Å². The predicted molar refractivity (Wildman–Crippen MR) is 100.0 cm³/mol. The summed E-state index contributed by atoms with van der Waals surface area (Å²) in [5, 5.41) is 4.11. The number of fused-ring (bicyclic) bond motifs is 1. The molecule has 1 heterocycles. The lowest BCUT2D eigenvalue weighted by atomic mass is 10.1. The first kappa shape index (κ1) is 16.1. The summed E-state index contributed by atoms with van der Waals surface area (Å²) >= 11 is 0. The monoisotopic (exact) mass is 321 g/mol. The average Bonchev–Trinajstić information content (AvgIpc) is 2.91. The molecule has 3 rings (SSSR count). The average molecular weight is 321 g/mol. The summed E-state index contributed by atoms with van der Waals surface area (Å²) < 4.78 is 2.25. The lowest BCUT2D eigenvalue weighted by Gasteiger charge is -2.09. The molecule has 1 aromatic heterocycles. The van der Waals surface area contributed by atoms with Gasteiger partial charge >= 0.3 is 0 Å². The second-order valence-corrected chi connectivity index (χ2v) is 6.60. The Morgan fingerprint density at radius 3 is 2.58 bits per heavy atom. The van der Waals surface area contributed by atoms with Crippen molar-refractivity contribution in [3.05, 3.63) is 60.3 Å². The maximum Gasteiger partial charge on any atom is 0.228 e. The highest BCUT2D eigenvalue weighted by molar-refractivity contribution is 5.95. The van der Waals surface area contributed by atoms with Crippen LogP contribution in [0.1, 0.15) is 19.4 Å². The first-order valence-electron chi connectivity index (χ1n) is 8.24. The molecule has 24 heavy (non-hydrogen) atoms. The maximum absolute atomic E-state index is 12.2. The molecule has 124 valence electrons. The minimum atomic E-state index is -0.0271. The number of benzene rings is 2. The molecule has 0 saturated carbocycles. The van der Waals surface area contributed by atoms with E-state index in [1.807, 2.05) is 36.4 Å². The molecular formula is C20H23N3O. The van der Waals surface area contributed by atoms with Crippen molar-refractivity contribution in [2.45, 2.75) is 26.8 Å². The highest BCUT2D eigenvalue weighted by Crippen LogP contribution is 2.21. The summed E-state index contributed by atoms with van der Waals surface area (Å²) in [7, 11) is 0. The van der Waals surface area contributed by atoms with Gasteiger partial charge < -0.3 is 15.6 Å². The van der Waals surface area contributed by atoms with E-state index in [9.17, 15) is 4.79 Å². The molecule has 0 spiro atoms. The Kier molecular flexibility index (Phi) is 4.56. The number of nitrogens with zero attached hydrogens (tertiary/aromatic N) is 1. The number of carbonyl (C=O) groups is 1. The minimum Gasteiger partial charge on any atom is -0.399 e. The van der Waals surface area contributed by atoms with Crippen molar-refractivity contribution in [3.63, 3.8) is 0 Å². The molecule has 0 fully saturated rings. The molecule has 4 nitrogen and oxygen atoms in total. The summed E-state index contributed by atoms with van der Waals surface area (Å²) in [4.78, 5) is 12.2. The van der Waals surface area contributed by atoms with Crippen molar-refractivity contribution in [1.82, 2.24) is 4.57 Å². The summed E-state index contributed by atoms with van der Waals surface area (Å²) in [6, 6.07) is 15.5. The highest BCUT2D eigenvalue weighted by atomic mass is 16.1. The molecule has 0 unspecified atom stereocenters. The molecule has 0 aliphatic rings. The summed E-state index contributed by atoms with van der Waals surface area (Å²) in [6.07, 6.45) is 2.44. The molecule has 3 N–H and O–H groups in total. The molecule has 0 aliphatic heterocycles. The second kappa shape index (κ2) is 6.79. The number of hydrogen-bond acceptors (Lipinski definition) is 2. The van der Waals surface area contributed by atoms with Gasteiger partial charge in [0.15, 0.2) is 0 Å². The quantitative estimate of drug-likeness (QED) is 0.696. The third kappa shape index (κ3) is 3.77. The Morgan fingerprint density at radius 1 is 1.12 bits per heavy atom. The molecule has 0 saturated heterocycles. The van der Waals surface area contributed by atoms with Crippen molar-refractivity contribution in [1.29, 1.82) is 0 Å². The number of rotatable bonds is 5. The molecular weight excluding hydrogens is 298 g/mol. The van der Waals surface area contributed by atoms with Crippen LogP contribution in [0.25, 0.3) is 10.9 Å². The van der Waals surface area contributed by atoms with Gasteiger partial charge in [-0.2, -0.15) is 0 Å². The maximum atomic E-state index is 12.2. The topological polar surface area (TPSA) is 60.0 Å². The number of anilines is 2. The molecule has 4 heteroatoms. The van der Waals surface area contributed by atoms with Crippen molar-refractivity contribution in [2.24, 2.45) is 5.92 Å². The van der Waals surface area contributed by atoms with E-state index in [1.165, 1.54) is 5.52 Å². The van der Waals surface area contributed by atoms with Gasteiger partial charge in [0.1, 0.15) is 0 Å².